The Hall–Kier alpha value is -1.97. The second-order valence-electron chi connectivity index (χ2n) is 4.11. The molecule has 0 aliphatic rings. The number of hydrogen-bond donors (Lipinski definition) is 0. The number of carbonyl (C=O) groups excluding carboxylic acids is 1. The first-order valence-electron chi connectivity index (χ1n) is 6.10. The largest absolute Gasteiger partial charge is 0.458 e. The summed E-state index contributed by atoms with van der Waals surface area (Å²) >= 11 is 11.9. The summed E-state index contributed by atoms with van der Waals surface area (Å²) in [4.78, 5) is 11.3. The number of hydrogen-bond acceptors (Lipinski definition) is 3. The quantitative estimate of drug-likeness (QED) is 0.442. The molecule has 0 aliphatic carbocycles. The van der Waals surface area contributed by atoms with E-state index in [9.17, 15) is 4.79 Å². The van der Waals surface area contributed by atoms with Gasteiger partial charge in [-0.15, -0.1) is 0 Å². The van der Waals surface area contributed by atoms with Crippen LogP contribution in [0.15, 0.2) is 53.5 Å². The fourth-order valence-electron chi connectivity index (χ4n) is 1.63. The highest BCUT2D eigenvalue weighted by Crippen LogP contribution is 2.28. The molecule has 0 bridgehead atoms. The molecular weight excluding hydrogens is 311 g/mol. The van der Waals surface area contributed by atoms with Gasteiger partial charge < -0.3 is 9.15 Å². The third kappa shape index (κ3) is 4.52. The fraction of sp³-hybridized carbons (Fsp3) is 0.0625. The summed E-state index contributed by atoms with van der Waals surface area (Å²) < 4.78 is 10.4. The number of rotatable bonds is 5. The van der Waals surface area contributed by atoms with Crippen molar-refractivity contribution >= 4 is 35.2 Å². The van der Waals surface area contributed by atoms with E-state index in [4.69, 9.17) is 32.4 Å². The number of benzene rings is 1. The molecule has 0 saturated carbocycles. The SMILES string of the molecule is C=CCOC(=O)/C=C/c1ccc(-c2cc(Cl)cc(Cl)c2)o1. The molecule has 0 saturated heterocycles. The van der Waals surface area contributed by atoms with Crippen LogP contribution in [-0.4, -0.2) is 12.6 Å². The summed E-state index contributed by atoms with van der Waals surface area (Å²) in [5.74, 6) is 0.675. The van der Waals surface area contributed by atoms with Gasteiger partial charge in [-0.3, -0.25) is 0 Å². The molecule has 5 heteroatoms. The minimum absolute atomic E-state index is 0.174. The van der Waals surface area contributed by atoms with Crippen LogP contribution in [0, 0.1) is 0 Å². The molecule has 21 heavy (non-hydrogen) atoms. The molecule has 0 amide bonds. The molecule has 0 fully saturated rings. The van der Waals surface area contributed by atoms with Crippen molar-refractivity contribution < 1.29 is 13.9 Å². The molecule has 2 aromatic rings. The molecule has 0 aliphatic heterocycles. The van der Waals surface area contributed by atoms with E-state index < -0.39 is 5.97 Å². The van der Waals surface area contributed by atoms with Crippen molar-refractivity contribution in [2.45, 2.75) is 0 Å². The average molecular weight is 323 g/mol. The van der Waals surface area contributed by atoms with Crippen LogP contribution in [0.4, 0.5) is 0 Å². The summed E-state index contributed by atoms with van der Waals surface area (Å²) in [5.41, 5.74) is 0.765. The van der Waals surface area contributed by atoms with Crippen molar-refractivity contribution in [3.8, 4) is 11.3 Å². The van der Waals surface area contributed by atoms with Crippen molar-refractivity contribution in [3.05, 3.63) is 64.9 Å². The smallest absolute Gasteiger partial charge is 0.331 e. The lowest BCUT2D eigenvalue weighted by Gasteiger charge is -1.99. The minimum atomic E-state index is -0.460. The number of furan rings is 1. The Morgan fingerprint density at radius 1 is 1.24 bits per heavy atom. The van der Waals surface area contributed by atoms with Gasteiger partial charge in [0.2, 0.25) is 0 Å². The Balaban J connectivity index is 2.12. The molecule has 1 heterocycles. The fourth-order valence-corrected chi connectivity index (χ4v) is 2.16. The standard InChI is InChI=1S/C16H12Cl2O3/c1-2-7-20-16(19)6-4-14-3-5-15(21-14)11-8-12(17)10-13(18)9-11/h2-6,8-10H,1,7H2/b6-4+. The Morgan fingerprint density at radius 2 is 1.95 bits per heavy atom. The first-order valence-corrected chi connectivity index (χ1v) is 6.86. The molecule has 108 valence electrons. The van der Waals surface area contributed by atoms with Crippen LogP contribution in [0.25, 0.3) is 17.4 Å². The zero-order valence-electron chi connectivity index (χ0n) is 11.0. The predicted molar refractivity (Wildman–Crippen MR) is 84.4 cm³/mol. The van der Waals surface area contributed by atoms with Crippen molar-refractivity contribution in [3.63, 3.8) is 0 Å². The van der Waals surface area contributed by atoms with E-state index in [1.54, 1.807) is 30.3 Å². The number of ether oxygens (including phenoxy) is 1. The van der Waals surface area contributed by atoms with E-state index in [1.807, 2.05) is 0 Å². The molecule has 1 aromatic carbocycles. The van der Waals surface area contributed by atoms with E-state index in [2.05, 4.69) is 6.58 Å². The van der Waals surface area contributed by atoms with Gasteiger partial charge in [-0.05, 0) is 36.4 Å². The van der Waals surface area contributed by atoms with Gasteiger partial charge in [-0.1, -0.05) is 35.9 Å². The molecule has 2 rings (SSSR count). The topological polar surface area (TPSA) is 39.4 Å². The summed E-state index contributed by atoms with van der Waals surface area (Å²) in [6, 6.07) is 8.65. The summed E-state index contributed by atoms with van der Waals surface area (Å²) in [5, 5.41) is 1.05. The number of esters is 1. The molecule has 0 N–H and O–H groups in total. The Bertz CT molecular complexity index is 666. The predicted octanol–water partition coefficient (Wildman–Crippen LogP) is 5.00. The summed E-state index contributed by atoms with van der Waals surface area (Å²) in [7, 11) is 0. The second kappa shape index (κ2) is 7.16. The molecule has 3 nitrogen and oxygen atoms in total. The van der Waals surface area contributed by atoms with Crippen LogP contribution in [0.5, 0.6) is 0 Å². The Kier molecular flexibility index (Phi) is 5.26. The van der Waals surface area contributed by atoms with Gasteiger partial charge in [0.25, 0.3) is 0 Å². The van der Waals surface area contributed by atoms with Gasteiger partial charge in [0.15, 0.2) is 0 Å². The summed E-state index contributed by atoms with van der Waals surface area (Å²) in [6.45, 7) is 3.63. The second-order valence-corrected chi connectivity index (χ2v) is 4.99. The van der Waals surface area contributed by atoms with Crippen LogP contribution in [0.2, 0.25) is 10.0 Å². The monoisotopic (exact) mass is 322 g/mol. The van der Waals surface area contributed by atoms with Crippen LogP contribution >= 0.6 is 23.2 Å². The van der Waals surface area contributed by atoms with Gasteiger partial charge in [-0.25, -0.2) is 4.79 Å². The average Bonchev–Trinajstić information content (AvgIpc) is 2.90. The highest BCUT2D eigenvalue weighted by molar-refractivity contribution is 6.35. The molecule has 1 aromatic heterocycles. The zero-order chi connectivity index (χ0) is 15.2. The zero-order valence-corrected chi connectivity index (χ0v) is 12.5. The van der Waals surface area contributed by atoms with Crippen molar-refractivity contribution in [1.82, 2.24) is 0 Å². The van der Waals surface area contributed by atoms with Crippen molar-refractivity contribution in [1.29, 1.82) is 0 Å². The van der Waals surface area contributed by atoms with E-state index in [-0.39, 0.29) is 6.61 Å². The van der Waals surface area contributed by atoms with Gasteiger partial charge in [0, 0.05) is 21.7 Å². The van der Waals surface area contributed by atoms with E-state index in [1.165, 1.54) is 18.2 Å². The highest BCUT2D eigenvalue weighted by Gasteiger charge is 2.06. The third-order valence-electron chi connectivity index (χ3n) is 2.50. The van der Waals surface area contributed by atoms with Crippen LogP contribution in [-0.2, 0) is 9.53 Å². The van der Waals surface area contributed by atoms with E-state index >= 15 is 0 Å². The van der Waals surface area contributed by atoms with Gasteiger partial charge in [-0.2, -0.15) is 0 Å². The van der Waals surface area contributed by atoms with Crippen molar-refractivity contribution in [2.75, 3.05) is 6.61 Å². The van der Waals surface area contributed by atoms with Crippen molar-refractivity contribution in [2.24, 2.45) is 0 Å². The lowest BCUT2D eigenvalue weighted by atomic mass is 10.2. The summed E-state index contributed by atoms with van der Waals surface area (Å²) in [6.07, 6.45) is 4.32. The third-order valence-corrected chi connectivity index (χ3v) is 2.94. The molecule has 0 radical (unpaired) electrons. The maximum absolute atomic E-state index is 11.3. The van der Waals surface area contributed by atoms with Crippen LogP contribution in [0.1, 0.15) is 5.76 Å². The molecule has 0 atom stereocenters. The maximum atomic E-state index is 11.3. The van der Waals surface area contributed by atoms with Gasteiger partial charge >= 0.3 is 5.97 Å². The van der Waals surface area contributed by atoms with Gasteiger partial charge in [0.05, 0.1) is 0 Å². The molecule has 0 spiro atoms. The van der Waals surface area contributed by atoms with E-state index in [0.29, 0.717) is 21.6 Å². The Labute approximate surface area is 132 Å². The lowest BCUT2D eigenvalue weighted by Crippen LogP contribution is -1.99. The van der Waals surface area contributed by atoms with Gasteiger partial charge in [0.1, 0.15) is 18.1 Å². The minimum Gasteiger partial charge on any atom is -0.458 e. The molecule has 0 unspecified atom stereocenters. The maximum Gasteiger partial charge on any atom is 0.331 e. The Morgan fingerprint density at radius 3 is 2.62 bits per heavy atom. The number of halogens is 2. The van der Waals surface area contributed by atoms with Crippen LogP contribution < -0.4 is 0 Å². The molecular formula is C16H12Cl2O3. The van der Waals surface area contributed by atoms with Crippen LogP contribution in [0.3, 0.4) is 0 Å². The first-order chi connectivity index (χ1) is 10.1. The van der Waals surface area contributed by atoms with E-state index in [0.717, 1.165) is 5.56 Å². The highest BCUT2D eigenvalue weighted by atomic mass is 35.5. The number of carbonyl (C=O) groups is 1. The first kappa shape index (κ1) is 15.4. The normalized spacial score (nSPS) is 10.8. The lowest BCUT2D eigenvalue weighted by molar-refractivity contribution is -0.136.